The molecule has 1 heterocycles. The smallest absolute Gasteiger partial charge is 0.142 e. The Hall–Kier alpha value is -1.22. The Balaban J connectivity index is 2.27. The van der Waals surface area contributed by atoms with Gasteiger partial charge < -0.3 is 14.7 Å². The van der Waals surface area contributed by atoms with Gasteiger partial charge in [-0.3, -0.25) is 0 Å². The number of nitrogens with zero attached hydrogens (tertiary/aromatic N) is 1. The molecule has 1 unspecified atom stereocenters. The number of rotatable bonds is 3. The van der Waals surface area contributed by atoms with Crippen molar-refractivity contribution in [1.82, 2.24) is 0 Å². The zero-order chi connectivity index (χ0) is 13.2. The van der Waals surface area contributed by atoms with Crippen molar-refractivity contribution in [2.45, 2.75) is 32.2 Å². The first-order valence-electron chi connectivity index (χ1n) is 6.60. The maximum atomic E-state index is 9.34. The Morgan fingerprint density at radius 1 is 1.39 bits per heavy atom. The summed E-state index contributed by atoms with van der Waals surface area (Å²) in [5.41, 5.74) is 1.21. The van der Waals surface area contributed by atoms with Gasteiger partial charge in [-0.2, -0.15) is 0 Å². The van der Waals surface area contributed by atoms with E-state index in [0.29, 0.717) is 12.5 Å². The van der Waals surface area contributed by atoms with Crippen LogP contribution in [0.5, 0.6) is 5.75 Å². The van der Waals surface area contributed by atoms with E-state index in [-0.39, 0.29) is 5.54 Å². The predicted octanol–water partition coefficient (Wildman–Crippen LogP) is 2.68. The van der Waals surface area contributed by atoms with E-state index in [4.69, 9.17) is 4.74 Å². The second-order valence-electron chi connectivity index (χ2n) is 5.68. The van der Waals surface area contributed by atoms with Crippen LogP contribution in [0.4, 0.5) is 5.69 Å². The van der Waals surface area contributed by atoms with Crippen LogP contribution in [-0.4, -0.2) is 30.9 Å². The lowest BCUT2D eigenvalue weighted by atomic mass is 9.82. The van der Waals surface area contributed by atoms with Crippen molar-refractivity contribution in [1.29, 1.82) is 0 Å². The summed E-state index contributed by atoms with van der Waals surface area (Å²) in [5.74, 6) is 1.35. The summed E-state index contributed by atoms with van der Waals surface area (Å²) in [4.78, 5) is 2.40. The Morgan fingerprint density at radius 3 is 2.72 bits per heavy atom. The highest BCUT2D eigenvalue weighted by atomic mass is 16.5. The van der Waals surface area contributed by atoms with E-state index in [1.54, 1.807) is 7.11 Å². The lowest BCUT2D eigenvalue weighted by Crippen LogP contribution is -2.50. The molecule has 1 fully saturated rings. The fourth-order valence-corrected chi connectivity index (χ4v) is 2.99. The molecular formula is C15H23NO2. The van der Waals surface area contributed by atoms with Crippen molar-refractivity contribution in [3.05, 3.63) is 24.3 Å². The van der Waals surface area contributed by atoms with Gasteiger partial charge in [0, 0.05) is 18.7 Å². The van der Waals surface area contributed by atoms with Gasteiger partial charge >= 0.3 is 0 Å². The van der Waals surface area contributed by atoms with Crippen molar-refractivity contribution in [3.8, 4) is 5.75 Å². The van der Waals surface area contributed by atoms with Gasteiger partial charge in [0.1, 0.15) is 5.75 Å². The fraction of sp³-hybridized carbons (Fsp3) is 0.600. The summed E-state index contributed by atoms with van der Waals surface area (Å²) < 4.78 is 5.45. The molecule has 0 amide bonds. The monoisotopic (exact) mass is 249 g/mol. The molecule has 0 aliphatic carbocycles. The summed E-state index contributed by atoms with van der Waals surface area (Å²) in [6.45, 7) is 5.74. The normalized spacial score (nSPS) is 22.9. The summed E-state index contributed by atoms with van der Waals surface area (Å²) >= 11 is 0. The first-order chi connectivity index (χ1) is 8.58. The van der Waals surface area contributed by atoms with Gasteiger partial charge in [-0.15, -0.1) is 0 Å². The van der Waals surface area contributed by atoms with Crippen LogP contribution < -0.4 is 9.64 Å². The van der Waals surface area contributed by atoms with Crippen LogP contribution in [-0.2, 0) is 0 Å². The van der Waals surface area contributed by atoms with Crippen molar-refractivity contribution >= 4 is 5.69 Å². The van der Waals surface area contributed by atoms with Gasteiger partial charge in [0.05, 0.1) is 12.8 Å². The van der Waals surface area contributed by atoms with E-state index in [0.717, 1.165) is 30.8 Å². The van der Waals surface area contributed by atoms with E-state index < -0.39 is 0 Å². The van der Waals surface area contributed by atoms with E-state index in [9.17, 15) is 5.11 Å². The number of hydrogen-bond acceptors (Lipinski definition) is 3. The third-order valence-corrected chi connectivity index (χ3v) is 3.91. The summed E-state index contributed by atoms with van der Waals surface area (Å²) in [7, 11) is 1.71. The minimum absolute atomic E-state index is 0.0558. The predicted molar refractivity (Wildman–Crippen MR) is 74.2 cm³/mol. The lowest BCUT2D eigenvalue weighted by Gasteiger charge is -2.47. The first kappa shape index (κ1) is 13.2. The molecule has 0 aromatic heterocycles. The highest BCUT2D eigenvalue weighted by Gasteiger charge is 2.35. The summed E-state index contributed by atoms with van der Waals surface area (Å²) in [5, 5.41) is 9.34. The zero-order valence-corrected chi connectivity index (χ0v) is 11.5. The molecule has 1 aliphatic rings. The summed E-state index contributed by atoms with van der Waals surface area (Å²) in [6.07, 6.45) is 2.06. The summed E-state index contributed by atoms with van der Waals surface area (Å²) in [6, 6.07) is 8.16. The van der Waals surface area contributed by atoms with Gasteiger partial charge in [0.15, 0.2) is 0 Å². The largest absolute Gasteiger partial charge is 0.495 e. The number of aliphatic hydroxyl groups excluding tert-OH is 1. The molecule has 0 spiro atoms. The van der Waals surface area contributed by atoms with Gasteiger partial charge in [-0.05, 0) is 44.7 Å². The van der Waals surface area contributed by atoms with Crippen molar-refractivity contribution in [3.63, 3.8) is 0 Å². The maximum Gasteiger partial charge on any atom is 0.142 e. The average molecular weight is 249 g/mol. The quantitative estimate of drug-likeness (QED) is 0.894. The topological polar surface area (TPSA) is 32.7 Å². The molecule has 3 heteroatoms. The lowest BCUT2D eigenvalue weighted by molar-refractivity contribution is 0.165. The van der Waals surface area contributed by atoms with Crippen LogP contribution in [0, 0.1) is 5.92 Å². The standard InChI is InChI=1S/C15H23NO2/c1-15(2)10-12(11-17)8-9-16(15)13-6-4-5-7-14(13)18-3/h4-7,12,17H,8-11H2,1-3H3. The molecule has 0 radical (unpaired) electrons. The Morgan fingerprint density at radius 2 is 2.11 bits per heavy atom. The molecule has 1 N–H and O–H groups in total. The van der Waals surface area contributed by atoms with Gasteiger partial charge in [0.2, 0.25) is 0 Å². The van der Waals surface area contributed by atoms with Crippen LogP contribution in [0.25, 0.3) is 0 Å². The van der Waals surface area contributed by atoms with Crippen LogP contribution in [0.2, 0.25) is 0 Å². The molecule has 100 valence electrons. The molecule has 1 aromatic rings. The van der Waals surface area contributed by atoms with Gasteiger partial charge in [0.25, 0.3) is 0 Å². The molecule has 1 aliphatic heterocycles. The van der Waals surface area contributed by atoms with Crippen LogP contribution in [0.3, 0.4) is 0 Å². The molecule has 1 aromatic carbocycles. The molecule has 1 atom stereocenters. The molecule has 0 bridgehead atoms. The van der Waals surface area contributed by atoms with Crippen LogP contribution in [0.1, 0.15) is 26.7 Å². The second kappa shape index (κ2) is 5.19. The van der Waals surface area contributed by atoms with E-state index in [1.165, 1.54) is 0 Å². The minimum Gasteiger partial charge on any atom is -0.495 e. The molecule has 3 nitrogen and oxygen atoms in total. The third-order valence-electron chi connectivity index (χ3n) is 3.91. The maximum absolute atomic E-state index is 9.34. The average Bonchev–Trinajstić information content (AvgIpc) is 2.37. The number of methoxy groups -OCH3 is 1. The Labute approximate surface area is 109 Å². The number of anilines is 1. The van der Waals surface area contributed by atoms with Crippen LogP contribution >= 0.6 is 0 Å². The zero-order valence-electron chi connectivity index (χ0n) is 11.5. The fourth-order valence-electron chi connectivity index (χ4n) is 2.99. The van der Waals surface area contributed by atoms with E-state index in [2.05, 4.69) is 24.8 Å². The Kier molecular flexibility index (Phi) is 3.81. The Bertz CT molecular complexity index is 403. The molecule has 1 saturated heterocycles. The third kappa shape index (κ3) is 2.46. The van der Waals surface area contributed by atoms with E-state index in [1.807, 2.05) is 18.2 Å². The number of para-hydroxylation sites is 2. The number of piperidine rings is 1. The minimum atomic E-state index is 0.0558. The first-order valence-corrected chi connectivity index (χ1v) is 6.60. The van der Waals surface area contributed by atoms with Gasteiger partial charge in [-0.25, -0.2) is 0 Å². The van der Waals surface area contributed by atoms with Crippen molar-refractivity contribution in [2.24, 2.45) is 5.92 Å². The van der Waals surface area contributed by atoms with Gasteiger partial charge in [-0.1, -0.05) is 12.1 Å². The number of benzene rings is 1. The van der Waals surface area contributed by atoms with Crippen LogP contribution in [0.15, 0.2) is 24.3 Å². The number of aliphatic hydroxyl groups is 1. The molecule has 0 saturated carbocycles. The highest BCUT2D eigenvalue weighted by molar-refractivity contribution is 5.60. The molecule has 18 heavy (non-hydrogen) atoms. The molecular weight excluding hydrogens is 226 g/mol. The highest BCUT2D eigenvalue weighted by Crippen LogP contribution is 2.39. The molecule has 2 rings (SSSR count). The van der Waals surface area contributed by atoms with Crippen molar-refractivity contribution in [2.75, 3.05) is 25.2 Å². The number of ether oxygens (including phenoxy) is 1. The number of hydrogen-bond donors (Lipinski definition) is 1. The van der Waals surface area contributed by atoms with Crippen molar-refractivity contribution < 1.29 is 9.84 Å². The SMILES string of the molecule is COc1ccccc1N1CCC(CO)CC1(C)C. The second-order valence-corrected chi connectivity index (χ2v) is 5.68. The van der Waals surface area contributed by atoms with E-state index >= 15 is 0 Å².